The van der Waals surface area contributed by atoms with E-state index in [2.05, 4.69) is 9.47 Å². The molecule has 0 atom stereocenters. The van der Waals surface area contributed by atoms with Crippen molar-refractivity contribution < 1.29 is 9.47 Å². The van der Waals surface area contributed by atoms with E-state index in [4.69, 9.17) is 10.5 Å². The minimum atomic E-state index is 0.194. The Kier molecular flexibility index (Phi) is 18.3. The van der Waals surface area contributed by atoms with Crippen LogP contribution in [0, 0.1) is 22.7 Å². The fraction of sp³-hybridized carbons (Fsp3) is 0.667. The van der Waals surface area contributed by atoms with Crippen LogP contribution in [0.2, 0.25) is 0 Å². The molecule has 56 valence electrons. The van der Waals surface area contributed by atoms with Crippen LogP contribution in [0.5, 0.6) is 0 Å². The summed E-state index contributed by atoms with van der Waals surface area (Å²) in [5.41, 5.74) is 0. The zero-order valence-electron chi connectivity index (χ0n) is 6.13. The maximum absolute atomic E-state index is 7.69. The minimum absolute atomic E-state index is 0.194. The molecule has 10 heavy (non-hydrogen) atoms. The lowest BCUT2D eigenvalue weighted by molar-refractivity contribution is 0.238. The van der Waals surface area contributed by atoms with E-state index in [1.807, 2.05) is 0 Å². The number of methoxy groups -OCH3 is 2. The van der Waals surface area contributed by atoms with E-state index in [0.717, 1.165) is 0 Å². The first-order valence-corrected chi connectivity index (χ1v) is 2.55. The Morgan fingerprint density at radius 2 is 1.30 bits per heavy atom. The van der Waals surface area contributed by atoms with Crippen LogP contribution in [0.3, 0.4) is 0 Å². The summed E-state index contributed by atoms with van der Waals surface area (Å²) in [6.45, 7) is 0.389. The third-order valence-corrected chi connectivity index (χ3v) is 0.418. The second-order valence-electron chi connectivity index (χ2n) is 1.18. The van der Waals surface area contributed by atoms with Crippen LogP contribution in [0.15, 0.2) is 0 Å². The first kappa shape index (κ1) is 11.7. The van der Waals surface area contributed by atoms with Crippen LogP contribution in [-0.4, -0.2) is 27.4 Å². The third-order valence-electron chi connectivity index (χ3n) is 0.418. The molecular weight excluding hydrogens is 132 g/mol. The second kappa shape index (κ2) is 15.7. The Bertz CT molecular complexity index is 107. The summed E-state index contributed by atoms with van der Waals surface area (Å²) in [5.74, 6) is 0. The van der Waals surface area contributed by atoms with Crippen LogP contribution in [-0.2, 0) is 9.47 Å². The normalized spacial score (nSPS) is 6.40. The van der Waals surface area contributed by atoms with Gasteiger partial charge in [0.05, 0.1) is 12.1 Å². The van der Waals surface area contributed by atoms with E-state index < -0.39 is 0 Å². The first-order chi connectivity index (χ1) is 4.83. The van der Waals surface area contributed by atoms with Crippen molar-refractivity contribution in [2.75, 3.05) is 27.4 Å². The van der Waals surface area contributed by atoms with Gasteiger partial charge in [0.2, 0.25) is 0 Å². The number of hydrogen-bond donors (Lipinski definition) is 0. The molecule has 0 N–H and O–H groups in total. The summed E-state index contributed by atoms with van der Waals surface area (Å²) in [6.07, 6.45) is 0. The lowest BCUT2D eigenvalue weighted by Gasteiger charge is -1.74. The molecule has 0 aliphatic carbocycles. The topological polar surface area (TPSA) is 66.0 Å². The fourth-order valence-corrected chi connectivity index (χ4v) is 0.129. The quantitative estimate of drug-likeness (QED) is 0.556. The zero-order valence-corrected chi connectivity index (χ0v) is 6.13. The molecule has 0 saturated carbocycles. The summed E-state index contributed by atoms with van der Waals surface area (Å²) >= 11 is 0. The lowest BCUT2D eigenvalue weighted by Crippen LogP contribution is -1.77. The van der Waals surface area contributed by atoms with Gasteiger partial charge in [-0.2, -0.15) is 10.5 Å². The molecule has 4 heteroatoms. The molecule has 0 bridgehead atoms. The van der Waals surface area contributed by atoms with Crippen molar-refractivity contribution >= 4 is 0 Å². The van der Waals surface area contributed by atoms with Gasteiger partial charge in [-0.05, 0) is 0 Å². The van der Waals surface area contributed by atoms with Crippen molar-refractivity contribution in [2.45, 2.75) is 0 Å². The lowest BCUT2D eigenvalue weighted by atomic mass is 10.8. The molecule has 0 spiro atoms. The Labute approximate surface area is 60.6 Å². The molecule has 0 aromatic heterocycles. The number of rotatable bonds is 2. The summed E-state index contributed by atoms with van der Waals surface area (Å²) in [5, 5.41) is 15.4. The van der Waals surface area contributed by atoms with E-state index in [0.29, 0.717) is 0 Å². The van der Waals surface area contributed by atoms with E-state index in [1.165, 1.54) is 14.2 Å². The summed E-state index contributed by atoms with van der Waals surface area (Å²) in [4.78, 5) is 0. The van der Waals surface area contributed by atoms with Gasteiger partial charge in [0.1, 0.15) is 13.2 Å². The van der Waals surface area contributed by atoms with Crippen molar-refractivity contribution in [1.82, 2.24) is 0 Å². The molecule has 0 aromatic rings. The van der Waals surface area contributed by atoms with Crippen LogP contribution < -0.4 is 0 Å². The smallest absolute Gasteiger partial charge is 0.133 e. The monoisotopic (exact) mass is 142 g/mol. The van der Waals surface area contributed by atoms with Crippen molar-refractivity contribution in [3.8, 4) is 12.1 Å². The molecule has 0 amide bonds. The molecule has 0 radical (unpaired) electrons. The number of nitriles is 2. The number of nitrogens with zero attached hydrogens (tertiary/aromatic N) is 2. The van der Waals surface area contributed by atoms with Crippen molar-refractivity contribution in [1.29, 1.82) is 10.5 Å². The highest BCUT2D eigenvalue weighted by Gasteiger charge is 1.62. The predicted molar refractivity (Wildman–Crippen MR) is 35.0 cm³/mol. The SMILES string of the molecule is COCC#N.COCC#N. The van der Waals surface area contributed by atoms with Gasteiger partial charge in [-0.3, -0.25) is 0 Å². The van der Waals surface area contributed by atoms with E-state index in [-0.39, 0.29) is 13.2 Å². The largest absolute Gasteiger partial charge is 0.370 e. The summed E-state index contributed by atoms with van der Waals surface area (Å²) in [7, 11) is 2.98. The molecule has 0 rings (SSSR count). The molecule has 0 unspecified atom stereocenters. The number of hydrogen-bond acceptors (Lipinski definition) is 4. The predicted octanol–water partition coefficient (Wildman–Crippen LogP) is 0.313. The van der Waals surface area contributed by atoms with Gasteiger partial charge in [0.25, 0.3) is 0 Å². The van der Waals surface area contributed by atoms with Crippen LogP contribution in [0.1, 0.15) is 0 Å². The average Bonchev–Trinajstić information content (AvgIpc) is 1.93. The average molecular weight is 142 g/mol. The molecular formula is C6H10N2O2. The van der Waals surface area contributed by atoms with E-state index in [9.17, 15) is 0 Å². The molecule has 0 aliphatic rings. The van der Waals surface area contributed by atoms with Crippen molar-refractivity contribution in [3.05, 3.63) is 0 Å². The van der Waals surface area contributed by atoms with E-state index >= 15 is 0 Å². The van der Waals surface area contributed by atoms with Crippen LogP contribution in [0.25, 0.3) is 0 Å². The Balaban J connectivity index is 0. The van der Waals surface area contributed by atoms with Gasteiger partial charge in [-0.1, -0.05) is 0 Å². The first-order valence-electron chi connectivity index (χ1n) is 2.55. The van der Waals surface area contributed by atoms with Crippen LogP contribution in [0.4, 0.5) is 0 Å². The molecule has 0 fully saturated rings. The fourth-order valence-electron chi connectivity index (χ4n) is 0.129. The van der Waals surface area contributed by atoms with Crippen molar-refractivity contribution in [3.63, 3.8) is 0 Å². The zero-order chi connectivity index (χ0) is 8.24. The number of ether oxygens (including phenoxy) is 2. The van der Waals surface area contributed by atoms with Gasteiger partial charge in [-0.15, -0.1) is 0 Å². The van der Waals surface area contributed by atoms with Gasteiger partial charge < -0.3 is 9.47 Å². The standard InChI is InChI=1S/2C3H5NO/c2*1-5-3-2-4/h2*3H2,1H3. The van der Waals surface area contributed by atoms with Gasteiger partial charge >= 0.3 is 0 Å². The highest BCUT2D eigenvalue weighted by atomic mass is 16.5. The Hall–Kier alpha value is -1.10. The minimum Gasteiger partial charge on any atom is -0.370 e. The Morgan fingerprint density at radius 1 is 1.00 bits per heavy atom. The molecule has 0 aromatic carbocycles. The maximum Gasteiger partial charge on any atom is 0.133 e. The van der Waals surface area contributed by atoms with Gasteiger partial charge in [0.15, 0.2) is 0 Å². The third kappa shape index (κ3) is 28.6. The molecule has 0 aliphatic heterocycles. The van der Waals surface area contributed by atoms with E-state index in [1.54, 1.807) is 12.1 Å². The highest BCUT2D eigenvalue weighted by Crippen LogP contribution is 1.54. The Morgan fingerprint density at radius 3 is 1.30 bits per heavy atom. The van der Waals surface area contributed by atoms with Crippen LogP contribution >= 0.6 is 0 Å². The summed E-state index contributed by atoms with van der Waals surface area (Å²) < 4.78 is 8.66. The maximum atomic E-state index is 7.69. The van der Waals surface area contributed by atoms with Gasteiger partial charge in [0, 0.05) is 14.2 Å². The molecule has 0 saturated heterocycles. The van der Waals surface area contributed by atoms with Gasteiger partial charge in [-0.25, -0.2) is 0 Å². The molecule has 4 nitrogen and oxygen atoms in total. The molecule has 0 heterocycles. The highest BCUT2D eigenvalue weighted by molar-refractivity contribution is 4.65. The van der Waals surface area contributed by atoms with Crippen molar-refractivity contribution in [2.24, 2.45) is 0 Å². The second-order valence-corrected chi connectivity index (χ2v) is 1.18. The summed E-state index contributed by atoms with van der Waals surface area (Å²) in [6, 6.07) is 3.59.